The average Bonchev–Trinajstić information content (AvgIpc) is 2.39. The van der Waals surface area contributed by atoms with Crippen molar-refractivity contribution in [2.45, 2.75) is 0 Å². The molecule has 2 rings (SSSR count). The highest BCUT2D eigenvalue weighted by Gasteiger charge is 2.10. The van der Waals surface area contributed by atoms with Gasteiger partial charge in [0.15, 0.2) is 0 Å². The van der Waals surface area contributed by atoms with E-state index in [-0.39, 0.29) is 10.8 Å². The molecule has 2 aromatic rings. The SMILES string of the molecule is NC(=S)c1cccc(C(=O)c2ccccc2)n1. The molecule has 0 amide bonds. The molecule has 1 heterocycles. The molecular weight excluding hydrogens is 232 g/mol. The summed E-state index contributed by atoms with van der Waals surface area (Å²) in [6.07, 6.45) is 0. The summed E-state index contributed by atoms with van der Waals surface area (Å²) in [6.45, 7) is 0. The van der Waals surface area contributed by atoms with Crippen molar-refractivity contribution < 1.29 is 4.79 Å². The van der Waals surface area contributed by atoms with Crippen molar-refractivity contribution in [3.63, 3.8) is 0 Å². The van der Waals surface area contributed by atoms with Crippen LogP contribution in [0.3, 0.4) is 0 Å². The third-order valence-corrected chi connectivity index (χ3v) is 2.48. The predicted octanol–water partition coefficient (Wildman–Crippen LogP) is 1.95. The molecule has 0 radical (unpaired) electrons. The van der Waals surface area contributed by atoms with Crippen LogP contribution < -0.4 is 5.73 Å². The van der Waals surface area contributed by atoms with Gasteiger partial charge in [0.05, 0.1) is 5.69 Å². The zero-order valence-electron chi connectivity index (χ0n) is 8.96. The highest BCUT2D eigenvalue weighted by molar-refractivity contribution is 7.80. The molecule has 2 N–H and O–H groups in total. The van der Waals surface area contributed by atoms with E-state index in [1.165, 1.54) is 0 Å². The summed E-state index contributed by atoms with van der Waals surface area (Å²) in [5.41, 5.74) is 6.89. The fraction of sp³-hybridized carbons (Fsp3) is 0. The van der Waals surface area contributed by atoms with Gasteiger partial charge >= 0.3 is 0 Å². The predicted molar refractivity (Wildman–Crippen MR) is 70.0 cm³/mol. The number of thiocarbonyl (C=S) groups is 1. The molecule has 0 saturated heterocycles. The Balaban J connectivity index is 2.38. The Bertz CT molecular complexity index is 567. The summed E-state index contributed by atoms with van der Waals surface area (Å²) < 4.78 is 0. The fourth-order valence-corrected chi connectivity index (χ4v) is 1.55. The van der Waals surface area contributed by atoms with E-state index in [0.717, 1.165) is 0 Å². The molecule has 0 aliphatic heterocycles. The van der Waals surface area contributed by atoms with Crippen molar-refractivity contribution in [3.05, 3.63) is 65.5 Å². The van der Waals surface area contributed by atoms with Crippen LogP contribution in [0.15, 0.2) is 48.5 Å². The Morgan fingerprint density at radius 3 is 2.29 bits per heavy atom. The van der Waals surface area contributed by atoms with Crippen LogP contribution >= 0.6 is 12.2 Å². The second-order valence-electron chi connectivity index (χ2n) is 3.47. The van der Waals surface area contributed by atoms with Gasteiger partial charge in [0.25, 0.3) is 0 Å². The molecule has 0 atom stereocenters. The van der Waals surface area contributed by atoms with E-state index in [4.69, 9.17) is 18.0 Å². The van der Waals surface area contributed by atoms with E-state index in [2.05, 4.69) is 4.98 Å². The summed E-state index contributed by atoms with van der Waals surface area (Å²) in [5.74, 6) is -0.135. The van der Waals surface area contributed by atoms with Crippen LogP contribution in [0, 0.1) is 0 Å². The van der Waals surface area contributed by atoms with Crippen molar-refractivity contribution in [1.29, 1.82) is 0 Å². The van der Waals surface area contributed by atoms with E-state index < -0.39 is 0 Å². The minimum absolute atomic E-state index is 0.135. The largest absolute Gasteiger partial charge is 0.388 e. The summed E-state index contributed by atoms with van der Waals surface area (Å²) in [7, 11) is 0. The highest BCUT2D eigenvalue weighted by Crippen LogP contribution is 2.08. The lowest BCUT2D eigenvalue weighted by Crippen LogP contribution is -2.14. The second-order valence-corrected chi connectivity index (χ2v) is 3.91. The maximum Gasteiger partial charge on any atom is 0.211 e. The number of aromatic nitrogens is 1. The molecule has 0 unspecified atom stereocenters. The smallest absolute Gasteiger partial charge is 0.211 e. The van der Waals surface area contributed by atoms with Crippen molar-refractivity contribution in [1.82, 2.24) is 4.98 Å². The van der Waals surface area contributed by atoms with E-state index in [1.807, 2.05) is 18.2 Å². The summed E-state index contributed by atoms with van der Waals surface area (Å²) in [6, 6.07) is 14.0. The molecule has 0 aliphatic rings. The third kappa shape index (κ3) is 2.54. The van der Waals surface area contributed by atoms with Crippen LogP contribution in [0.1, 0.15) is 21.7 Å². The minimum atomic E-state index is -0.135. The van der Waals surface area contributed by atoms with Crippen LogP contribution in [0.5, 0.6) is 0 Å². The molecule has 0 aliphatic carbocycles. The molecule has 0 spiro atoms. The fourth-order valence-electron chi connectivity index (χ4n) is 1.44. The molecule has 17 heavy (non-hydrogen) atoms. The van der Waals surface area contributed by atoms with E-state index in [0.29, 0.717) is 17.0 Å². The number of nitrogens with two attached hydrogens (primary N) is 1. The zero-order valence-corrected chi connectivity index (χ0v) is 9.78. The Labute approximate surface area is 104 Å². The number of hydrogen-bond acceptors (Lipinski definition) is 3. The van der Waals surface area contributed by atoms with Gasteiger partial charge in [-0.1, -0.05) is 48.6 Å². The Hall–Kier alpha value is -2.07. The standard InChI is InChI=1S/C13H10N2OS/c14-13(17)11-8-4-7-10(15-11)12(16)9-5-2-1-3-6-9/h1-8H,(H2,14,17). The first kappa shape index (κ1) is 11.4. The lowest BCUT2D eigenvalue weighted by Gasteiger charge is -2.02. The van der Waals surface area contributed by atoms with E-state index in [1.54, 1.807) is 30.3 Å². The molecule has 1 aromatic heterocycles. The van der Waals surface area contributed by atoms with Gasteiger partial charge in [0.1, 0.15) is 10.7 Å². The van der Waals surface area contributed by atoms with Gasteiger partial charge in [-0.15, -0.1) is 0 Å². The molecule has 3 nitrogen and oxygen atoms in total. The number of ketones is 1. The number of benzene rings is 1. The van der Waals surface area contributed by atoms with E-state index >= 15 is 0 Å². The van der Waals surface area contributed by atoms with Crippen molar-refractivity contribution in [2.24, 2.45) is 5.73 Å². The van der Waals surface area contributed by atoms with Crippen molar-refractivity contribution >= 4 is 23.0 Å². The molecule has 1 aromatic carbocycles. The summed E-state index contributed by atoms with van der Waals surface area (Å²) in [5, 5.41) is 0. The monoisotopic (exact) mass is 242 g/mol. The average molecular weight is 242 g/mol. The Morgan fingerprint density at radius 2 is 1.65 bits per heavy atom. The Kier molecular flexibility index (Phi) is 3.25. The molecule has 4 heteroatoms. The van der Waals surface area contributed by atoms with Gasteiger partial charge < -0.3 is 5.73 Å². The maximum atomic E-state index is 12.1. The maximum absolute atomic E-state index is 12.1. The van der Waals surface area contributed by atoms with Crippen LogP contribution in [0.4, 0.5) is 0 Å². The number of hydrogen-bond donors (Lipinski definition) is 1. The molecular formula is C13H10N2OS. The first-order valence-electron chi connectivity index (χ1n) is 5.05. The van der Waals surface area contributed by atoms with Gasteiger partial charge in [-0.25, -0.2) is 4.98 Å². The number of pyridine rings is 1. The lowest BCUT2D eigenvalue weighted by molar-refractivity contribution is 0.103. The molecule has 84 valence electrons. The number of carbonyl (C=O) groups is 1. The van der Waals surface area contributed by atoms with Crippen molar-refractivity contribution in [3.8, 4) is 0 Å². The van der Waals surface area contributed by atoms with E-state index in [9.17, 15) is 4.79 Å². The van der Waals surface area contributed by atoms with Crippen LogP contribution in [-0.4, -0.2) is 15.8 Å². The summed E-state index contributed by atoms with van der Waals surface area (Å²) in [4.78, 5) is 16.4. The lowest BCUT2D eigenvalue weighted by atomic mass is 10.1. The highest BCUT2D eigenvalue weighted by atomic mass is 32.1. The van der Waals surface area contributed by atoms with Gasteiger partial charge in [0, 0.05) is 5.56 Å². The first-order valence-corrected chi connectivity index (χ1v) is 5.46. The Morgan fingerprint density at radius 1 is 1.00 bits per heavy atom. The normalized spacial score (nSPS) is 9.88. The number of nitrogens with zero attached hydrogens (tertiary/aromatic N) is 1. The third-order valence-electron chi connectivity index (χ3n) is 2.27. The van der Waals surface area contributed by atoms with Gasteiger partial charge in [-0.05, 0) is 12.1 Å². The summed E-state index contributed by atoms with van der Waals surface area (Å²) >= 11 is 4.83. The van der Waals surface area contributed by atoms with Crippen LogP contribution in [-0.2, 0) is 0 Å². The topological polar surface area (TPSA) is 56.0 Å². The minimum Gasteiger partial charge on any atom is -0.388 e. The zero-order chi connectivity index (χ0) is 12.3. The van der Waals surface area contributed by atoms with Gasteiger partial charge in [0.2, 0.25) is 5.78 Å². The molecule has 0 fully saturated rings. The van der Waals surface area contributed by atoms with Gasteiger partial charge in [-0.3, -0.25) is 4.79 Å². The molecule has 0 bridgehead atoms. The molecule has 0 saturated carbocycles. The number of carbonyl (C=O) groups excluding carboxylic acids is 1. The van der Waals surface area contributed by atoms with Crippen molar-refractivity contribution in [2.75, 3.05) is 0 Å². The quantitative estimate of drug-likeness (QED) is 0.660. The van der Waals surface area contributed by atoms with Crippen LogP contribution in [0.2, 0.25) is 0 Å². The van der Waals surface area contributed by atoms with Crippen LogP contribution in [0.25, 0.3) is 0 Å². The second kappa shape index (κ2) is 4.84. The van der Waals surface area contributed by atoms with Gasteiger partial charge in [-0.2, -0.15) is 0 Å². The first-order chi connectivity index (χ1) is 8.18. The number of rotatable bonds is 3.